The van der Waals surface area contributed by atoms with Crippen molar-refractivity contribution in [3.05, 3.63) is 54.4 Å². The Kier molecular flexibility index (Phi) is 9.33. The van der Waals surface area contributed by atoms with Gasteiger partial charge in [0.2, 0.25) is 0 Å². The molecule has 0 amide bonds. The number of anilines is 1. The lowest BCUT2D eigenvalue weighted by Crippen LogP contribution is -2.40. The smallest absolute Gasteiger partial charge is 0.191 e. The zero-order valence-corrected chi connectivity index (χ0v) is 18.9. The maximum absolute atomic E-state index is 5.50. The molecule has 0 saturated carbocycles. The van der Waals surface area contributed by atoms with Crippen molar-refractivity contribution in [1.82, 2.24) is 15.6 Å². The zero-order valence-electron chi connectivity index (χ0n) is 16.6. The summed E-state index contributed by atoms with van der Waals surface area (Å²) in [5.74, 6) is 2.36. The lowest BCUT2D eigenvalue weighted by atomic mass is 10.1. The van der Waals surface area contributed by atoms with Gasteiger partial charge in [-0.3, -0.25) is 4.98 Å². The van der Waals surface area contributed by atoms with E-state index >= 15 is 0 Å². The lowest BCUT2D eigenvalue weighted by molar-refractivity contribution is 0.414. The van der Waals surface area contributed by atoms with Crippen LogP contribution in [0.15, 0.2) is 53.7 Å². The van der Waals surface area contributed by atoms with Crippen LogP contribution in [-0.2, 0) is 6.54 Å². The summed E-state index contributed by atoms with van der Waals surface area (Å²) in [5.41, 5.74) is 2.15. The fourth-order valence-corrected chi connectivity index (χ4v) is 3.34. The van der Waals surface area contributed by atoms with Crippen LogP contribution in [0.4, 0.5) is 5.69 Å². The van der Waals surface area contributed by atoms with E-state index in [2.05, 4.69) is 44.6 Å². The number of guanidine groups is 1. The molecule has 1 aromatic heterocycles. The fraction of sp³-hybridized carbons (Fsp3) is 0.429. The highest BCUT2D eigenvalue weighted by Crippen LogP contribution is 2.31. The van der Waals surface area contributed by atoms with Gasteiger partial charge in [0.15, 0.2) is 5.96 Å². The monoisotopic (exact) mass is 495 g/mol. The summed E-state index contributed by atoms with van der Waals surface area (Å²) in [5, 5.41) is 6.80. The van der Waals surface area contributed by atoms with Crippen LogP contribution in [-0.4, -0.2) is 44.2 Å². The average Bonchev–Trinajstić information content (AvgIpc) is 3.19. The lowest BCUT2D eigenvalue weighted by Gasteiger charge is -2.21. The van der Waals surface area contributed by atoms with E-state index in [0.29, 0.717) is 12.5 Å². The molecule has 0 spiro atoms. The summed E-state index contributed by atoms with van der Waals surface area (Å²) in [4.78, 5) is 11.4. The summed E-state index contributed by atoms with van der Waals surface area (Å²) < 4.78 is 5.50. The molecular formula is C21H30IN5O. The number of aliphatic imine (C=N–C) groups is 1. The highest BCUT2D eigenvalue weighted by Gasteiger charge is 2.24. The first-order chi connectivity index (χ1) is 13.3. The van der Waals surface area contributed by atoms with Crippen molar-refractivity contribution in [2.24, 2.45) is 10.9 Å². The molecular weight excluding hydrogens is 465 g/mol. The zero-order chi connectivity index (χ0) is 18.9. The molecule has 1 aliphatic heterocycles. The van der Waals surface area contributed by atoms with Gasteiger partial charge in [0, 0.05) is 32.4 Å². The van der Waals surface area contributed by atoms with Crippen molar-refractivity contribution >= 4 is 35.6 Å². The second kappa shape index (κ2) is 11.7. The van der Waals surface area contributed by atoms with E-state index in [4.69, 9.17) is 4.74 Å². The summed E-state index contributed by atoms with van der Waals surface area (Å²) in [6.07, 6.45) is 2.96. The summed E-state index contributed by atoms with van der Waals surface area (Å²) >= 11 is 0. The number of rotatable bonds is 7. The van der Waals surface area contributed by atoms with Crippen LogP contribution in [0.1, 0.15) is 19.0 Å². The molecule has 6 nitrogen and oxygen atoms in total. The Morgan fingerprint density at radius 1 is 1.21 bits per heavy atom. The van der Waals surface area contributed by atoms with Gasteiger partial charge in [0.25, 0.3) is 0 Å². The first kappa shape index (κ1) is 22.3. The number of hydrogen-bond donors (Lipinski definition) is 2. The molecule has 2 aromatic rings. The summed E-state index contributed by atoms with van der Waals surface area (Å²) in [6.45, 7) is 6.47. The van der Waals surface area contributed by atoms with Gasteiger partial charge in [-0.1, -0.05) is 18.2 Å². The third-order valence-corrected chi connectivity index (χ3v) is 4.74. The molecule has 2 N–H and O–H groups in total. The van der Waals surface area contributed by atoms with Crippen LogP contribution in [0.3, 0.4) is 0 Å². The van der Waals surface area contributed by atoms with Crippen LogP contribution in [0.5, 0.6) is 5.75 Å². The highest BCUT2D eigenvalue weighted by molar-refractivity contribution is 14.0. The Labute approximate surface area is 184 Å². The molecule has 0 bridgehead atoms. The third-order valence-electron chi connectivity index (χ3n) is 4.74. The van der Waals surface area contributed by atoms with E-state index in [-0.39, 0.29) is 24.0 Å². The van der Waals surface area contributed by atoms with Crippen LogP contribution in [0.25, 0.3) is 0 Å². The molecule has 1 aliphatic rings. The van der Waals surface area contributed by atoms with Crippen LogP contribution in [0.2, 0.25) is 0 Å². The van der Waals surface area contributed by atoms with E-state index in [1.165, 1.54) is 5.69 Å². The van der Waals surface area contributed by atoms with Gasteiger partial charge in [0.1, 0.15) is 5.75 Å². The van der Waals surface area contributed by atoms with Crippen LogP contribution >= 0.6 is 24.0 Å². The Balaban J connectivity index is 0.00000280. The van der Waals surface area contributed by atoms with Crippen molar-refractivity contribution in [3.8, 4) is 5.75 Å². The number of hydrogen-bond acceptors (Lipinski definition) is 4. The molecule has 1 aromatic carbocycles. The quantitative estimate of drug-likeness (QED) is 0.351. The summed E-state index contributed by atoms with van der Waals surface area (Å²) in [6, 6.07) is 14.1. The Morgan fingerprint density at radius 2 is 2.04 bits per heavy atom. The van der Waals surface area contributed by atoms with Crippen molar-refractivity contribution in [2.75, 3.05) is 38.2 Å². The molecule has 1 atom stereocenters. The Morgan fingerprint density at radius 3 is 2.79 bits per heavy atom. The van der Waals surface area contributed by atoms with E-state index in [0.717, 1.165) is 50.0 Å². The molecule has 7 heteroatoms. The van der Waals surface area contributed by atoms with E-state index in [9.17, 15) is 0 Å². The van der Waals surface area contributed by atoms with Gasteiger partial charge in [-0.15, -0.1) is 24.0 Å². The van der Waals surface area contributed by atoms with Crippen LogP contribution in [0, 0.1) is 5.92 Å². The van der Waals surface area contributed by atoms with E-state index in [1.54, 1.807) is 13.3 Å². The maximum Gasteiger partial charge on any atom is 0.191 e. The van der Waals surface area contributed by atoms with Crippen molar-refractivity contribution in [1.29, 1.82) is 0 Å². The first-order valence-corrected chi connectivity index (χ1v) is 9.60. The second-order valence-corrected chi connectivity index (χ2v) is 6.67. The predicted octanol–water partition coefficient (Wildman–Crippen LogP) is 3.29. The average molecular weight is 495 g/mol. The van der Waals surface area contributed by atoms with E-state index in [1.807, 2.05) is 30.3 Å². The SMILES string of the molecule is CCNC(=NCc1ccccn1)NCC1CCN(c2ccccc2OC)C1.I. The maximum atomic E-state index is 5.50. The first-order valence-electron chi connectivity index (χ1n) is 9.60. The largest absolute Gasteiger partial charge is 0.495 e. The molecule has 152 valence electrons. The molecule has 2 heterocycles. The number of benzene rings is 1. The normalized spacial score (nSPS) is 16.4. The molecule has 0 aliphatic carbocycles. The number of methoxy groups -OCH3 is 1. The van der Waals surface area contributed by atoms with Crippen molar-refractivity contribution < 1.29 is 4.74 Å². The van der Waals surface area contributed by atoms with Crippen molar-refractivity contribution in [2.45, 2.75) is 19.9 Å². The Hall–Kier alpha value is -2.03. The third kappa shape index (κ3) is 6.25. The topological polar surface area (TPSA) is 61.8 Å². The molecule has 1 saturated heterocycles. The standard InChI is InChI=1S/C21H29N5O.HI/c1-3-22-21(25-15-18-8-6-7-12-23-18)24-14-17-11-13-26(16-17)19-9-4-5-10-20(19)27-2;/h4-10,12,17H,3,11,13-16H2,1-2H3,(H2,22,24,25);1H. The molecule has 3 rings (SSSR count). The molecule has 0 radical (unpaired) electrons. The molecule has 1 fully saturated rings. The summed E-state index contributed by atoms with van der Waals surface area (Å²) in [7, 11) is 1.73. The van der Waals surface area contributed by atoms with Gasteiger partial charge in [-0.25, -0.2) is 4.99 Å². The number of nitrogens with one attached hydrogen (secondary N) is 2. The predicted molar refractivity (Wildman–Crippen MR) is 126 cm³/mol. The van der Waals surface area contributed by atoms with Crippen molar-refractivity contribution in [3.63, 3.8) is 0 Å². The number of halogens is 1. The Bertz CT molecular complexity index is 741. The second-order valence-electron chi connectivity index (χ2n) is 6.67. The molecule has 1 unspecified atom stereocenters. The number of aromatic nitrogens is 1. The number of ether oxygens (including phenoxy) is 1. The number of pyridine rings is 1. The minimum atomic E-state index is 0. The van der Waals surface area contributed by atoms with Gasteiger partial charge in [-0.05, 0) is 43.5 Å². The van der Waals surface area contributed by atoms with Gasteiger partial charge >= 0.3 is 0 Å². The fourth-order valence-electron chi connectivity index (χ4n) is 3.34. The number of nitrogens with zero attached hydrogens (tertiary/aromatic N) is 3. The van der Waals surface area contributed by atoms with Crippen LogP contribution < -0.4 is 20.3 Å². The van der Waals surface area contributed by atoms with E-state index < -0.39 is 0 Å². The molecule has 28 heavy (non-hydrogen) atoms. The van der Waals surface area contributed by atoms with Gasteiger partial charge in [-0.2, -0.15) is 0 Å². The number of para-hydroxylation sites is 2. The van der Waals surface area contributed by atoms with Gasteiger partial charge < -0.3 is 20.3 Å². The highest BCUT2D eigenvalue weighted by atomic mass is 127. The van der Waals surface area contributed by atoms with Gasteiger partial charge in [0.05, 0.1) is 25.0 Å². The minimum absolute atomic E-state index is 0. The minimum Gasteiger partial charge on any atom is -0.495 e.